The minimum atomic E-state index is -1.23. The molecule has 0 heterocycles. The van der Waals surface area contributed by atoms with E-state index in [4.69, 9.17) is 26.9 Å². The first-order valence-corrected chi connectivity index (χ1v) is 7.65. The highest BCUT2D eigenvalue weighted by Gasteiger charge is 2.14. The van der Waals surface area contributed by atoms with Crippen LogP contribution in [0.3, 0.4) is 0 Å². The van der Waals surface area contributed by atoms with E-state index >= 15 is 0 Å². The van der Waals surface area contributed by atoms with Crippen molar-refractivity contribution in [2.24, 2.45) is 0 Å². The van der Waals surface area contributed by atoms with E-state index in [1.165, 1.54) is 0 Å². The summed E-state index contributed by atoms with van der Waals surface area (Å²) in [5.41, 5.74) is 0.329. The molecule has 2 nitrogen and oxygen atoms in total. The zero-order chi connectivity index (χ0) is 10.3. The molecule has 0 amide bonds. The van der Waals surface area contributed by atoms with Crippen LogP contribution in [0.25, 0.3) is 0 Å². The lowest BCUT2D eigenvalue weighted by Gasteiger charge is -2.09. The van der Waals surface area contributed by atoms with Crippen molar-refractivity contribution in [1.82, 2.24) is 0 Å². The minimum Gasteiger partial charge on any atom is -0.463 e. The maximum atomic E-state index is 10.6. The molecule has 1 radical (unpaired) electrons. The van der Waals surface area contributed by atoms with Gasteiger partial charge in [0.25, 0.3) is 7.42 Å². The predicted octanol–water partition coefficient (Wildman–Crippen LogP) is 2.85. The van der Waals surface area contributed by atoms with Gasteiger partial charge in [0.05, 0.1) is 6.61 Å². The first-order valence-electron chi connectivity index (χ1n) is 4.05. The summed E-state index contributed by atoms with van der Waals surface area (Å²) in [6.45, 7) is 5.71. The first kappa shape index (κ1) is 13.0. The van der Waals surface area contributed by atoms with Crippen molar-refractivity contribution in [3.63, 3.8) is 0 Å². The molecule has 75 valence electrons. The molecule has 0 saturated heterocycles. The molecule has 0 spiro atoms. The molecule has 0 fully saturated rings. The van der Waals surface area contributed by atoms with E-state index in [1.54, 1.807) is 0 Å². The van der Waals surface area contributed by atoms with Gasteiger partial charge in [0.2, 0.25) is 0 Å². The van der Waals surface area contributed by atoms with Gasteiger partial charge in [-0.25, -0.2) is 4.79 Å². The monoisotopic (exact) mass is 239 g/mol. The Bertz CT molecular complexity index is 174. The summed E-state index contributed by atoms with van der Waals surface area (Å²) in [5, 5.41) is 0. The van der Waals surface area contributed by atoms with Crippen molar-refractivity contribution in [3.05, 3.63) is 12.7 Å². The number of rotatable bonds is 6. The Kier molecular flexibility index (Phi) is 7.42. The van der Waals surface area contributed by atoms with Gasteiger partial charge in [-0.15, -0.1) is 22.2 Å². The average Bonchev–Trinajstić information content (AvgIpc) is 2.11. The third-order valence-corrected chi connectivity index (χ3v) is 4.83. The van der Waals surface area contributed by atoms with Crippen molar-refractivity contribution in [2.45, 2.75) is 25.3 Å². The fourth-order valence-corrected chi connectivity index (χ4v) is 1.81. The van der Waals surface area contributed by atoms with Gasteiger partial charge in [0, 0.05) is 6.08 Å². The number of hydrogen-bond donors (Lipinski definition) is 0. The Morgan fingerprint density at radius 3 is 2.77 bits per heavy atom. The summed E-state index contributed by atoms with van der Waals surface area (Å²) in [6.07, 6.45) is 2.85. The summed E-state index contributed by atoms with van der Waals surface area (Å²) in [7, 11) is -1.23. The van der Waals surface area contributed by atoms with E-state index in [-0.39, 0.29) is 5.97 Å². The predicted molar refractivity (Wildman–Crippen MR) is 57.3 cm³/mol. The van der Waals surface area contributed by atoms with Crippen LogP contribution in [0.5, 0.6) is 0 Å². The van der Waals surface area contributed by atoms with Gasteiger partial charge in [-0.05, 0) is 18.4 Å². The third-order valence-electron chi connectivity index (χ3n) is 1.56. The summed E-state index contributed by atoms with van der Waals surface area (Å²) < 4.78 is 4.79. The van der Waals surface area contributed by atoms with Crippen molar-refractivity contribution < 1.29 is 9.53 Å². The van der Waals surface area contributed by atoms with E-state index < -0.39 is 7.42 Å². The third kappa shape index (κ3) is 7.11. The van der Waals surface area contributed by atoms with Gasteiger partial charge in [-0.2, -0.15) is 0 Å². The largest absolute Gasteiger partial charge is 0.463 e. The number of carbonyl (C=O) groups is 1. The van der Waals surface area contributed by atoms with Crippen LogP contribution in [-0.4, -0.2) is 20.0 Å². The Hall–Kier alpha value is 0.00688. The van der Waals surface area contributed by atoms with Gasteiger partial charge in [-0.3, -0.25) is 0 Å². The normalized spacial score (nSPS) is 12.6. The molecule has 0 aromatic rings. The van der Waals surface area contributed by atoms with E-state index in [0.29, 0.717) is 12.1 Å². The van der Waals surface area contributed by atoms with Crippen LogP contribution in [0.4, 0.5) is 0 Å². The number of carbonyl (C=O) groups excluding carboxylic acids is 1. The van der Waals surface area contributed by atoms with Gasteiger partial charge in [-0.1, -0.05) is 13.5 Å². The first-order chi connectivity index (χ1) is 6.07. The van der Waals surface area contributed by atoms with Gasteiger partial charge in [0.15, 0.2) is 0 Å². The standard InChI is InChI=1S/C8H13Cl2O2Si/c1-3-8(11)12-6-4-5-7(2)13(9)10/h3,7H,1,4-6H2,2H3. The summed E-state index contributed by atoms with van der Waals surface area (Å²) in [6, 6.07) is 0. The Balaban J connectivity index is 3.35. The lowest BCUT2D eigenvalue weighted by molar-refractivity contribution is -0.137. The smallest absolute Gasteiger partial charge is 0.330 e. The van der Waals surface area contributed by atoms with E-state index in [1.807, 2.05) is 6.92 Å². The van der Waals surface area contributed by atoms with E-state index in [2.05, 4.69) is 6.58 Å². The van der Waals surface area contributed by atoms with Crippen molar-refractivity contribution in [2.75, 3.05) is 6.61 Å². The minimum absolute atomic E-state index is 0.329. The van der Waals surface area contributed by atoms with Gasteiger partial charge in [0.1, 0.15) is 0 Å². The maximum Gasteiger partial charge on any atom is 0.330 e. The molecule has 5 heteroatoms. The molecule has 0 rings (SSSR count). The molecule has 0 aromatic carbocycles. The van der Waals surface area contributed by atoms with E-state index in [0.717, 1.165) is 18.9 Å². The maximum absolute atomic E-state index is 10.6. The van der Waals surface area contributed by atoms with Gasteiger partial charge < -0.3 is 4.74 Å². The second-order valence-electron chi connectivity index (χ2n) is 2.70. The molecule has 0 aliphatic heterocycles. The van der Waals surface area contributed by atoms with Crippen LogP contribution in [0.15, 0.2) is 12.7 Å². The molecular formula is C8H13Cl2O2Si. The van der Waals surface area contributed by atoms with Crippen LogP contribution < -0.4 is 0 Å². The van der Waals surface area contributed by atoms with Crippen LogP contribution in [0.1, 0.15) is 19.8 Å². The van der Waals surface area contributed by atoms with Crippen LogP contribution in [0, 0.1) is 0 Å². The van der Waals surface area contributed by atoms with Crippen molar-refractivity contribution >= 4 is 35.5 Å². The van der Waals surface area contributed by atoms with Crippen molar-refractivity contribution in [1.29, 1.82) is 0 Å². The van der Waals surface area contributed by atoms with Gasteiger partial charge >= 0.3 is 5.97 Å². The second-order valence-corrected chi connectivity index (χ2v) is 7.29. The second kappa shape index (κ2) is 7.41. The molecule has 0 N–H and O–H groups in total. The number of ether oxygens (including phenoxy) is 1. The highest BCUT2D eigenvalue weighted by atomic mass is 35.7. The summed E-state index contributed by atoms with van der Waals surface area (Å²) >= 11 is 11.5. The molecule has 0 saturated carbocycles. The molecule has 1 unspecified atom stereocenters. The SMILES string of the molecule is C=CC(=O)OCCCC(C)[Si](Cl)Cl. The van der Waals surface area contributed by atoms with Crippen LogP contribution in [0.2, 0.25) is 5.54 Å². The molecule has 13 heavy (non-hydrogen) atoms. The summed E-state index contributed by atoms with van der Waals surface area (Å²) in [4.78, 5) is 10.6. The molecule has 0 aromatic heterocycles. The topological polar surface area (TPSA) is 26.3 Å². The summed E-state index contributed by atoms with van der Waals surface area (Å²) in [5.74, 6) is -0.380. The molecule has 1 atom stereocenters. The number of hydrogen-bond acceptors (Lipinski definition) is 2. The number of esters is 1. The molecule has 0 aliphatic carbocycles. The lowest BCUT2D eigenvalue weighted by Crippen LogP contribution is -2.06. The lowest BCUT2D eigenvalue weighted by atomic mass is 10.2. The zero-order valence-corrected chi connectivity index (χ0v) is 10.1. The molecule has 0 bridgehead atoms. The van der Waals surface area contributed by atoms with Crippen LogP contribution in [-0.2, 0) is 9.53 Å². The van der Waals surface area contributed by atoms with E-state index in [9.17, 15) is 4.79 Å². The zero-order valence-electron chi connectivity index (χ0n) is 7.56. The molecular weight excluding hydrogens is 227 g/mol. The number of halogens is 2. The Labute approximate surface area is 89.9 Å². The quantitative estimate of drug-likeness (QED) is 0.234. The Morgan fingerprint density at radius 1 is 1.69 bits per heavy atom. The highest BCUT2D eigenvalue weighted by molar-refractivity contribution is 7.34. The Morgan fingerprint density at radius 2 is 2.31 bits per heavy atom. The fourth-order valence-electron chi connectivity index (χ4n) is 0.730. The highest BCUT2D eigenvalue weighted by Crippen LogP contribution is 2.21. The van der Waals surface area contributed by atoms with Crippen molar-refractivity contribution in [3.8, 4) is 0 Å². The molecule has 0 aliphatic rings. The fraction of sp³-hybridized carbons (Fsp3) is 0.625. The van der Waals surface area contributed by atoms with Crippen LogP contribution >= 0.6 is 22.2 Å². The average molecular weight is 240 g/mol.